The van der Waals surface area contributed by atoms with Gasteiger partial charge in [0.25, 0.3) is 5.78 Å². The Morgan fingerprint density at radius 1 is 1.27 bits per heavy atom. The van der Waals surface area contributed by atoms with E-state index in [0.29, 0.717) is 5.78 Å². The van der Waals surface area contributed by atoms with Gasteiger partial charge in [-0.05, 0) is 38.1 Å². The molecule has 1 amide bonds. The monoisotopic (exact) mass is 423 g/mol. The molecule has 0 spiro atoms. The first-order valence-electron chi connectivity index (χ1n) is 9.06. The van der Waals surface area contributed by atoms with Crippen LogP contribution in [0, 0.1) is 13.8 Å². The number of aliphatic hydroxyl groups is 1. The summed E-state index contributed by atoms with van der Waals surface area (Å²) >= 11 is 0. The molecule has 2 aromatic heterocycles. The van der Waals surface area contributed by atoms with Crippen LogP contribution < -0.4 is 10.1 Å². The highest BCUT2D eigenvalue weighted by molar-refractivity contribution is 5.77. The first-order valence-corrected chi connectivity index (χ1v) is 9.06. The van der Waals surface area contributed by atoms with Crippen molar-refractivity contribution in [2.75, 3.05) is 13.2 Å². The van der Waals surface area contributed by atoms with Gasteiger partial charge in [-0.15, -0.1) is 5.10 Å². The average molecular weight is 423 g/mol. The minimum absolute atomic E-state index is 0.0257. The maximum absolute atomic E-state index is 12.7. The van der Waals surface area contributed by atoms with Crippen LogP contribution in [0.2, 0.25) is 0 Å². The van der Waals surface area contributed by atoms with Crippen LogP contribution in [-0.4, -0.2) is 49.9 Å². The number of alkyl halides is 3. The summed E-state index contributed by atoms with van der Waals surface area (Å²) in [7, 11) is 0. The lowest BCUT2D eigenvalue weighted by molar-refractivity contribution is -0.137. The normalized spacial score (nSPS) is 12.7. The van der Waals surface area contributed by atoms with E-state index in [-0.39, 0.29) is 31.1 Å². The summed E-state index contributed by atoms with van der Waals surface area (Å²) in [6, 6.07) is 6.18. The van der Waals surface area contributed by atoms with Crippen molar-refractivity contribution >= 4 is 11.7 Å². The number of fused-ring (bicyclic) bond motifs is 1. The first-order chi connectivity index (χ1) is 14.1. The Bertz CT molecular complexity index is 1050. The second-order valence-corrected chi connectivity index (χ2v) is 6.75. The number of aliphatic hydroxyl groups excluding tert-OH is 1. The number of aryl methyl sites for hydroxylation is 2. The Morgan fingerprint density at radius 3 is 2.77 bits per heavy atom. The summed E-state index contributed by atoms with van der Waals surface area (Å²) in [5.74, 6) is 0.230. The van der Waals surface area contributed by atoms with E-state index in [0.717, 1.165) is 23.5 Å². The van der Waals surface area contributed by atoms with Gasteiger partial charge >= 0.3 is 6.18 Å². The lowest BCUT2D eigenvalue weighted by Crippen LogP contribution is -2.36. The Morgan fingerprint density at radius 2 is 2.03 bits per heavy atom. The van der Waals surface area contributed by atoms with Gasteiger partial charge in [0.1, 0.15) is 18.5 Å². The summed E-state index contributed by atoms with van der Waals surface area (Å²) in [6.45, 7) is 3.26. The third-order valence-corrected chi connectivity index (χ3v) is 4.12. The van der Waals surface area contributed by atoms with Crippen LogP contribution in [0.5, 0.6) is 5.75 Å². The molecule has 3 aromatic rings. The maximum Gasteiger partial charge on any atom is 0.416 e. The third-order valence-electron chi connectivity index (χ3n) is 4.12. The molecule has 0 aliphatic heterocycles. The molecule has 3 rings (SSSR count). The predicted molar refractivity (Wildman–Crippen MR) is 99.9 cm³/mol. The highest BCUT2D eigenvalue weighted by Gasteiger charge is 2.30. The van der Waals surface area contributed by atoms with E-state index >= 15 is 0 Å². The predicted octanol–water partition coefficient (Wildman–Crippen LogP) is 1.86. The maximum atomic E-state index is 12.7. The van der Waals surface area contributed by atoms with Gasteiger partial charge in [-0.1, -0.05) is 6.07 Å². The number of nitrogens with one attached hydrogen (secondary N) is 1. The van der Waals surface area contributed by atoms with Crippen molar-refractivity contribution in [3.63, 3.8) is 0 Å². The van der Waals surface area contributed by atoms with Crippen molar-refractivity contribution < 1.29 is 27.8 Å². The van der Waals surface area contributed by atoms with Gasteiger partial charge in [0.05, 0.1) is 12.0 Å². The van der Waals surface area contributed by atoms with E-state index in [4.69, 9.17) is 4.74 Å². The molecule has 2 N–H and O–H groups in total. The smallest absolute Gasteiger partial charge is 0.416 e. The van der Waals surface area contributed by atoms with Gasteiger partial charge in [0, 0.05) is 17.9 Å². The quantitative estimate of drug-likeness (QED) is 0.602. The third kappa shape index (κ3) is 5.44. The van der Waals surface area contributed by atoms with Crippen molar-refractivity contribution in [3.05, 3.63) is 53.1 Å². The molecular weight excluding hydrogens is 403 g/mol. The largest absolute Gasteiger partial charge is 0.491 e. The highest BCUT2D eigenvalue weighted by atomic mass is 19.4. The van der Waals surface area contributed by atoms with Gasteiger partial charge in [-0.2, -0.15) is 18.2 Å². The number of hydrogen-bond acceptors (Lipinski definition) is 6. The summed E-state index contributed by atoms with van der Waals surface area (Å²) in [5, 5.41) is 16.7. The number of ether oxygens (including phenoxy) is 1. The van der Waals surface area contributed by atoms with Crippen LogP contribution in [0.3, 0.4) is 0 Å². The SMILES string of the molecule is Cc1cc(C)n2nc(CC(=O)NCC(O)COc3cccc(C(F)(F)F)c3)nc2n1. The Balaban J connectivity index is 1.48. The zero-order valence-corrected chi connectivity index (χ0v) is 16.3. The van der Waals surface area contributed by atoms with Crippen molar-refractivity contribution in [1.29, 1.82) is 0 Å². The van der Waals surface area contributed by atoms with Crippen LogP contribution in [0.4, 0.5) is 13.2 Å². The summed E-state index contributed by atoms with van der Waals surface area (Å²) in [6.07, 6.45) is -5.70. The molecular formula is C19H20F3N5O3. The second kappa shape index (κ2) is 8.66. The Labute approximate surface area is 169 Å². The molecule has 0 bridgehead atoms. The fourth-order valence-corrected chi connectivity index (χ4v) is 2.73. The number of rotatable bonds is 7. The van der Waals surface area contributed by atoms with Crippen molar-refractivity contribution in [1.82, 2.24) is 24.9 Å². The van der Waals surface area contributed by atoms with Crippen LogP contribution >= 0.6 is 0 Å². The van der Waals surface area contributed by atoms with Gasteiger partial charge in [0.15, 0.2) is 5.82 Å². The van der Waals surface area contributed by atoms with Crippen LogP contribution in [0.25, 0.3) is 5.78 Å². The lowest BCUT2D eigenvalue weighted by atomic mass is 10.2. The van der Waals surface area contributed by atoms with Gasteiger partial charge in [0.2, 0.25) is 5.91 Å². The molecule has 0 radical (unpaired) electrons. The summed E-state index contributed by atoms with van der Waals surface area (Å²) in [4.78, 5) is 20.5. The fraction of sp³-hybridized carbons (Fsp3) is 0.368. The second-order valence-electron chi connectivity index (χ2n) is 6.75. The number of carbonyl (C=O) groups excluding carboxylic acids is 1. The molecule has 0 saturated carbocycles. The molecule has 0 saturated heterocycles. The van der Waals surface area contributed by atoms with Crippen molar-refractivity contribution in [2.24, 2.45) is 0 Å². The molecule has 2 heterocycles. The lowest BCUT2D eigenvalue weighted by Gasteiger charge is -2.14. The van der Waals surface area contributed by atoms with E-state index in [1.807, 2.05) is 19.9 Å². The summed E-state index contributed by atoms with van der Waals surface area (Å²) in [5.41, 5.74) is 0.772. The number of nitrogens with zero attached hydrogens (tertiary/aromatic N) is 4. The molecule has 1 unspecified atom stereocenters. The van der Waals surface area contributed by atoms with Gasteiger partial charge in [-0.3, -0.25) is 4.79 Å². The van der Waals surface area contributed by atoms with Crippen molar-refractivity contribution in [3.8, 4) is 5.75 Å². The van der Waals surface area contributed by atoms with E-state index in [1.165, 1.54) is 16.6 Å². The topological polar surface area (TPSA) is 102 Å². The van der Waals surface area contributed by atoms with E-state index < -0.39 is 23.8 Å². The Hall–Kier alpha value is -3.21. The highest BCUT2D eigenvalue weighted by Crippen LogP contribution is 2.31. The molecule has 0 fully saturated rings. The molecule has 11 heteroatoms. The molecule has 0 aliphatic rings. The molecule has 1 aromatic carbocycles. The summed E-state index contributed by atoms with van der Waals surface area (Å²) < 4.78 is 44.8. The van der Waals surface area contributed by atoms with E-state index in [2.05, 4.69) is 20.4 Å². The fourth-order valence-electron chi connectivity index (χ4n) is 2.73. The number of benzene rings is 1. The molecule has 160 valence electrons. The number of carbonyl (C=O) groups is 1. The molecule has 8 nitrogen and oxygen atoms in total. The Kier molecular flexibility index (Phi) is 6.20. The number of halogens is 3. The standard InChI is InChI=1S/C19H20F3N5O3/c1-11-6-12(2)27-18(24-11)25-16(26-27)8-17(29)23-9-14(28)10-30-15-5-3-4-13(7-15)19(20,21)22/h3-7,14,28H,8-10H2,1-2H3,(H,23,29). The first kappa shape index (κ1) is 21.5. The van der Waals surface area contributed by atoms with Crippen LogP contribution in [0.1, 0.15) is 22.8 Å². The minimum atomic E-state index is -4.48. The zero-order chi connectivity index (χ0) is 21.9. The molecule has 30 heavy (non-hydrogen) atoms. The zero-order valence-electron chi connectivity index (χ0n) is 16.3. The number of aromatic nitrogens is 4. The van der Waals surface area contributed by atoms with Crippen LogP contribution in [0.15, 0.2) is 30.3 Å². The van der Waals surface area contributed by atoms with E-state index in [9.17, 15) is 23.1 Å². The number of hydrogen-bond donors (Lipinski definition) is 2. The van der Waals surface area contributed by atoms with E-state index in [1.54, 1.807) is 0 Å². The van der Waals surface area contributed by atoms with Gasteiger partial charge in [-0.25, -0.2) is 9.50 Å². The van der Waals surface area contributed by atoms with Gasteiger partial charge < -0.3 is 15.2 Å². The number of amides is 1. The molecule has 0 aliphatic carbocycles. The minimum Gasteiger partial charge on any atom is -0.491 e. The average Bonchev–Trinajstić information content (AvgIpc) is 3.07. The van der Waals surface area contributed by atoms with Crippen LogP contribution in [-0.2, 0) is 17.4 Å². The van der Waals surface area contributed by atoms with Crippen molar-refractivity contribution in [2.45, 2.75) is 32.5 Å². The molecule has 1 atom stereocenters.